The topological polar surface area (TPSA) is 102 Å². The van der Waals surface area contributed by atoms with Gasteiger partial charge in [-0.3, -0.25) is 4.98 Å². The lowest BCUT2D eigenvalue weighted by Crippen LogP contribution is -2.32. The van der Waals surface area contributed by atoms with Gasteiger partial charge in [0.15, 0.2) is 0 Å². The van der Waals surface area contributed by atoms with E-state index in [9.17, 15) is 21.6 Å². The number of alkyl halides is 3. The fraction of sp³-hybridized carbons (Fsp3) is 0.423. The van der Waals surface area contributed by atoms with Crippen LogP contribution in [0, 0.1) is 11.8 Å². The third-order valence-corrected chi connectivity index (χ3v) is 7.93. The SMILES string of the molecule is CC(C)(N)c1ccc(NCC#Cc2cc3c(NC4CCS(=O)(=O)CC4)cccc3n2CC(F)(F)F)cn1. The number of hydrogen-bond donors (Lipinski definition) is 3. The number of nitrogens with one attached hydrogen (secondary N) is 2. The van der Waals surface area contributed by atoms with Crippen molar-refractivity contribution in [1.29, 1.82) is 0 Å². The van der Waals surface area contributed by atoms with Crippen LogP contribution in [-0.4, -0.2) is 48.2 Å². The Morgan fingerprint density at radius 1 is 1.16 bits per heavy atom. The van der Waals surface area contributed by atoms with Crippen molar-refractivity contribution < 1.29 is 21.6 Å². The number of halogens is 3. The van der Waals surface area contributed by atoms with Gasteiger partial charge in [-0.2, -0.15) is 13.2 Å². The summed E-state index contributed by atoms with van der Waals surface area (Å²) in [6, 6.07) is 10.3. The number of anilines is 2. The summed E-state index contributed by atoms with van der Waals surface area (Å²) in [5.74, 6) is 5.98. The van der Waals surface area contributed by atoms with E-state index in [2.05, 4.69) is 27.5 Å². The molecular weight excluding hydrogens is 503 g/mol. The van der Waals surface area contributed by atoms with Gasteiger partial charge in [0, 0.05) is 17.1 Å². The summed E-state index contributed by atoms with van der Waals surface area (Å²) in [5.41, 5.74) is 8.25. The molecule has 2 aromatic heterocycles. The lowest BCUT2D eigenvalue weighted by Gasteiger charge is -2.24. The second-order valence-electron chi connectivity index (χ2n) is 9.85. The molecule has 7 nitrogen and oxygen atoms in total. The molecule has 3 heterocycles. The smallest absolute Gasteiger partial charge is 0.382 e. The van der Waals surface area contributed by atoms with E-state index in [0.29, 0.717) is 29.4 Å². The second kappa shape index (κ2) is 10.3. The Bertz CT molecular complexity index is 1420. The maximum absolute atomic E-state index is 13.4. The molecule has 0 amide bonds. The number of hydrogen-bond acceptors (Lipinski definition) is 6. The summed E-state index contributed by atoms with van der Waals surface area (Å²) in [6.45, 7) is 2.75. The van der Waals surface area contributed by atoms with E-state index in [4.69, 9.17) is 5.73 Å². The van der Waals surface area contributed by atoms with Gasteiger partial charge in [0.2, 0.25) is 0 Å². The predicted octanol–water partition coefficient (Wildman–Crippen LogP) is 4.25. The molecule has 0 bridgehead atoms. The Morgan fingerprint density at radius 2 is 1.89 bits per heavy atom. The standard InChI is InChI=1S/C26H30F3N5O2S/c1-25(2,30)24-9-8-19(16-32-24)31-12-4-5-20-15-21-22(33-18-10-13-37(35,36)14-11-18)6-3-7-23(21)34(20)17-26(27,28)29/h3,6-9,15-16,18,31,33H,10-14,17,30H2,1-2H3. The van der Waals surface area contributed by atoms with Crippen molar-refractivity contribution >= 4 is 32.1 Å². The highest BCUT2D eigenvalue weighted by atomic mass is 32.2. The van der Waals surface area contributed by atoms with Crippen molar-refractivity contribution in [1.82, 2.24) is 9.55 Å². The fourth-order valence-electron chi connectivity index (χ4n) is 4.28. The lowest BCUT2D eigenvalue weighted by atomic mass is 10.0. The molecule has 11 heteroatoms. The number of benzene rings is 1. The van der Waals surface area contributed by atoms with Gasteiger partial charge in [0.25, 0.3) is 0 Å². The number of aromatic nitrogens is 2. The predicted molar refractivity (Wildman–Crippen MR) is 140 cm³/mol. The minimum Gasteiger partial charge on any atom is -0.382 e. The van der Waals surface area contributed by atoms with Gasteiger partial charge < -0.3 is 20.9 Å². The van der Waals surface area contributed by atoms with Crippen LogP contribution in [0.4, 0.5) is 24.5 Å². The van der Waals surface area contributed by atoms with Crippen LogP contribution in [0.15, 0.2) is 42.6 Å². The number of rotatable bonds is 6. The highest BCUT2D eigenvalue weighted by Crippen LogP contribution is 2.31. The minimum absolute atomic E-state index is 0.0660. The molecule has 1 aliphatic rings. The summed E-state index contributed by atoms with van der Waals surface area (Å²) in [4.78, 5) is 4.33. The van der Waals surface area contributed by atoms with Crippen molar-refractivity contribution in [3.8, 4) is 11.8 Å². The normalized spacial score (nSPS) is 16.3. The van der Waals surface area contributed by atoms with Gasteiger partial charge in [-0.05, 0) is 62.9 Å². The molecule has 0 aliphatic carbocycles. The maximum atomic E-state index is 13.4. The van der Waals surface area contributed by atoms with E-state index >= 15 is 0 Å². The summed E-state index contributed by atoms with van der Waals surface area (Å²) in [5, 5.41) is 7.04. The van der Waals surface area contributed by atoms with Crippen LogP contribution >= 0.6 is 0 Å². The molecule has 1 fully saturated rings. The van der Waals surface area contributed by atoms with Gasteiger partial charge in [-0.15, -0.1) is 0 Å². The first-order valence-corrected chi connectivity index (χ1v) is 13.8. The molecule has 0 radical (unpaired) electrons. The van der Waals surface area contributed by atoms with Crippen molar-refractivity contribution in [3.05, 3.63) is 54.0 Å². The summed E-state index contributed by atoms with van der Waals surface area (Å²) >= 11 is 0. The van der Waals surface area contributed by atoms with Crippen LogP contribution < -0.4 is 16.4 Å². The van der Waals surface area contributed by atoms with Crippen LogP contribution in [-0.2, 0) is 21.9 Å². The maximum Gasteiger partial charge on any atom is 0.406 e. The minimum atomic E-state index is -4.42. The Morgan fingerprint density at radius 3 is 2.51 bits per heavy atom. The Labute approximate surface area is 214 Å². The van der Waals surface area contributed by atoms with Gasteiger partial charge in [0.05, 0.1) is 52.4 Å². The first kappa shape index (κ1) is 26.8. The third-order valence-electron chi connectivity index (χ3n) is 6.22. The number of pyridine rings is 1. The molecule has 0 atom stereocenters. The number of nitrogens with zero attached hydrogens (tertiary/aromatic N) is 2. The highest BCUT2D eigenvalue weighted by molar-refractivity contribution is 7.91. The molecule has 0 spiro atoms. The molecule has 198 valence electrons. The molecule has 1 aliphatic heterocycles. The molecule has 0 saturated carbocycles. The average molecular weight is 534 g/mol. The number of sulfone groups is 1. The Kier molecular flexibility index (Phi) is 7.44. The molecule has 1 saturated heterocycles. The lowest BCUT2D eigenvalue weighted by molar-refractivity contribution is -0.140. The zero-order chi connectivity index (χ0) is 26.8. The average Bonchev–Trinajstić information content (AvgIpc) is 3.14. The quantitative estimate of drug-likeness (QED) is 0.410. The van der Waals surface area contributed by atoms with E-state index < -0.39 is 28.1 Å². The molecule has 3 aromatic rings. The van der Waals surface area contributed by atoms with E-state index in [1.165, 1.54) is 4.57 Å². The number of nitrogens with two attached hydrogens (primary N) is 1. The molecule has 0 unspecified atom stereocenters. The molecule has 4 N–H and O–H groups in total. The largest absolute Gasteiger partial charge is 0.406 e. The van der Waals surface area contributed by atoms with Gasteiger partial charge in [-0.1, -0.05) is 12.0 Å². The van der Waals surface area contributed by atoms with Crippen LogP contribution in [0.2, 0.25) is 0 Å². The van der Waals surface area contributed by atoms with Crippen LogP contribution in [0.5, 0.6) is 0 Å². The van der Waals surface area contributed by atoms with Gasteiger partial charge in [0.1, 0.15) is 16.4 Å². The zero-order valence-electron chi connectivity index (χ0n) is 20.7. The van der Waals surface area contributed by atoms with E-state index in [0.717, 1.165) is 11.4 Å². The first-order chi connectivity index (χ1) is 17.3. The van der Waals surface area contributed by atoms with Crippen LogP contribution in [0.25, 0.3) is 10.9 Å². The Balaban J connectivity index is 1.56. The second-order valence-corrected chi connectivity index (χ2v) is 12.2. The fourth-order valence-corrected chi connectivity index (χ4v) is 5.77. The van der Waals surface area contributed by atoms with E-state index in [1.807, 2.05) is 26.0 Å². The first-order valence-electron chi connectivity index (χ1n) is 11.9. The summed E-state index contributed by atoms with van der Waals surface area (Å²) in [7, 11) is -3.02. The molecule has 1 aromatic carbocycles. The van der Waals surface area contributed by atoms with Crippen molar-refractivity contribution in [2.24, 2.45) is 5.73 Å². The van der Waals surface area contributed by atoms with Crippen LogP contribution in [0.3, 0.4) is 0 Å². The van der Waals surface area contributed by atoms with E-state index in [-0.39, 0.29) is 29.8 Å². The van der Waals surface area contributed by atoms with E-state index in [1.54, 1.807) is 30.5 Å². The molecular formula is C26H30F3N5O2S. The molecule has 37 heavy (non-hydrogen) atoms. The Hall–Kier alpha value is -3.23. The highest BCUT2D eigenvalue weighted by Gasteiger charge is 2.30. The summed E-state index contributed by atoms with van der Waals surface area (Å²) in [6.07, 6.45) is -1.87. The van der Waals surface area contributed by atoms with Gasteiger partial charge >= 0.3 is 6.18 Å². The van der Waals surface area contributed by atoms with Gasteiger partial charge in [-0.25, -0.2) is 8.42 Å². The summed E-state index contributed by atoms with van der Waals surface area (Å²) < 4.78 is 64.9. The van der Waals surface area contributed by atoms with Crippen molar-refractivity contribution in [3.63, 3.8) is 0 Å². The van der Waals surface area contributed by atoms with Crippen LogP contribution in [0.1, 0.15) is 38.1 Å². The zero-order valence-corrected chi connectivity index (χ0v) is 21.5. The van der Waals surface area contributed by atoms with Crippen molar-refractivity contribution in [2.45, 2.75) is 51.0 Å². The molecule has 4 rings (SSSR count). The number of fused-ring (bicyclic) bond motifs is 1. The van der Waals surface area contributed by atoms with Crippen molar-refractivity contribution in [2.75, 3.05) is 28.7 Å². The third kappa shape index (κ3) is 6.96. The monoisotopic (exact) mass is 533 g/mol.